The van der Waals surface area contributed by atoms with Crippen molar-refractivity contribution in [3.63, 3.8) is 0 Å². The maximum absolute atomic E-state index is 12.5. The van der Waals surface area contributed by atoms with Crippen LogP contribution < -0.4 is 10.9 Å². The molecule has 2 aromatic heterocycles. The number of aryl methyl sites for hydroxylation is 1. The summed E-state index contributed by atoms with van der Waals surface area (Å²) in [7, 11) is 0. The summed E-state index contributed by atoms with van der Waals surface area (Å²) in [6.07, 6.45) is -3.23. The summed E-state index contributed by atoms with van der Waals surface area (Å²) < 4.78 is 38.7. The molecule has 0 bridgehead atoms. The lowest BCUT2D eigenvalue weighted by Crippen LogP contribution is -2.28. The van der Waals surface area contributed by atoms with Crippen LogP contribution >= 0.6 is 0 Å². The third-order valence-corrected chi connectivity index (χ3v) is 2.93. The van der Waals surface area contributed by atoms with E-state index in [0.717, 1.165) is 6.07 Å². The first-order valence-electron chi connectivity index (χ1n) is 6.36. The number of amides is 1. The van der Waals surface area contributed by atoms with Crippen LogP contribution in [0.2, 0.25) is 0 Å². The molecular formula is C13H13F3N4O2. The zero-order valence-electron chi connectivity index (χ0n) is 11.6. The normalized spacial score (nSPS) is 11.5. The summed E-state index contributed by atoms with van der Waals surface area (Å²) in [5.41, 5.74) is -0.682. The summed E-state index contributed by atoms with van der Waals surface area (Å²) in [4.78, 5) is 25.0. The zero-order valence-corrected chi connectivity index (χ0v) is 11.6. The van der Waals surface area contributed by atoms with E-state index in [0.29, 0.717) is 5.69 Å². The molecule has 9 heteroatoms. The van der Waals surface area contributed by atoms with Crippen LogP contribution in [0.4, 0.5) is 13.2 Å². The molecule has 6 nitrogen and oxygen atoms in total. The molecule has 2 rings (SSSR count). The fraction of sp³-hybridized carbons (Fsp3) is 0.308. The van der Waals surface area contributed by atoms with Crippen LogP contribution in [0.3, 0.4) is 0 Å². The number of halogens is 3. The Morgan fingerprint density at radius 2 is 2.14 bits per heavy atom. The molecule has 0 aromatic carbocycles. The first-order valence-corrected chi connectivity index (χ1v) is 6.36. The topological polar surface area (TPSA) is 79.8 Å². The molecule has 0 aliphatic heterocycles. The van der Waals surface area contributed by atoms with E-state index in [1.165, 1.54) is 29.9 Å². The summed E-state index contributed by atoms with van der Waals surface area (Å²) >= 11 is 0. The van der Waals surface area contributed by atoms with Gasteiger partial charge in [-0.05, 0) is 19.1 Å². The number of alkyl halides is 3. The number of aromatic amines is 1. The van der Waals surface area contributed by atoms with Gasteiger partial charge in [-0.2, -0.15) is 18.3 Å². The fourth-order valence-corrected chi connectivity index (χ4v) is 1.80. The standard InChI is InChI=1S/C13H13F3N4O2/c1-8-6-10(13(14,15)16)19-20(8)5-4-17-12(22)9-2-3-11(21)18-7-9/h2-3,6-7H,4-5H2,1H3,(H,17,22)(H,18,21). The molecule has 0 fully saturated rings. The Morgan fingerprint density at radius 1 is 1.41 bits per heavy atom. The lowest BCUT2D eigenvalue weighted by Gasteiger charge is -2.07. The smallest absolute Gasteiger partial charge is 0.350 e. The molecule has 2 N–H and O–H groups in total. The van der Waals surface area contributed by atoms with Gasteiger partial charge < -0.3 is 10.3 Å². The van der Waals surface area contributed by atoms with Crippen molar-refractivity contribution < 1.29 is 18.0 Å². The van der Waals surface area contributed by atoms with Gasteiger partial charge in [0.1, 0.15) is 0 Å². The number of H-pyrrole nitrogens is 1. The predicted octanol–water partition coefficient (Wildman–Crippen LogP) is 1.33. The number of carbonyl (C=O) groups is 1. The number of nitrogens with zero attached hydrogens (tertiary/aromatic N) is 2. The number of nitrogens with one attached hydrogen (secondary N) is 2. The van der Waals surface area contributed by atoms with E-state index >= 15 is 0 Å². The highest BCUT2D eigenvalue weighted by Crippen LogP contribution is 2.28. The highest BCUT2D eigenvalue weighted by atomic mass is 19.4. The molecule has 118 valence electrons. The van der Waals surface area contributed by atoms with Crippen LogP contribution in [0, 0.1) is 6.92 Å². The van der Waals surface area contributed by atoms with Gasteiger partial charge in [-0.1, -0.05) is 0 Å². The maximum Gasteiger partial charge on any atom is 0.435 e. The van der Waals surface area contributed by atoms with Gasteiger partial charge >= 0.3 is 6.18 Å². The van der Waals surface area contributed by atoms with Crippen molar-refractivity contribution in [2.45, 2.75) is 19.6 Å². The van der Waals surface area contributed by atoms with E-state index in [2.05, 4.69) is 15.4 Å². The largest absolute Gasteiger partial charge is 0.435 e. The predicted molar refractivity (Wildman–Crippen MR) is 71.4 cm³/mol. The van der Waals surface area contributed by atoms with Crippen LogP contribution in [-0.2, 0) is 12.7 Å². The minimum Gasteiger partial charge on any atom is -0.350 e. The number of hydrogen-bond donors (Lipinski definition) is 2. The quantitative estimate of drug-likeness (QED) is 0.893. The van der Waals surface area contributed by atoms with Crippen LogP contribution in [0.1, 0.15) is 21.7 Å². The summed E-state index contributed by atoms with van der Waals surface area (Å²) in [5.74, 6) is -0.433. The Hall–Kier alpha value is -2.58. The molecule has 0 saturated heterocycles. The number of rotatable bonds is 4. The molecule has 22 heavy (non-hydrogen) atoms. The Morgan fingerprint density at radius 3 is 2.68 bits per heavy atom. The van der Waals surface area contributed by atoms with Gasteiger partial charge in [0, 0.05) is 24.5 Å². The highest BCUT2D eigenvalue weighted by molar-refractivity contribution is 5.93. The van der Waals surface area contributed by atoms with Crippen LogP contribution in [0.25, 0.3) is 0 Å². The minimum atomic E-state index is -4.49. The SMILES string of the molecule is Cc1cc(C(F)(F)F)nn1CCNC(=O)c1ccc(=O)[nH]c1. The molecule has 2 aromatic rings. The molecule has 0 aliphatic carbocycles. The molecule has 0 spiro atoms. The fourth-order valence-electron chi connectivity index (χ4n) is 1.80. The third kappa shape index (κ3) is 3.74. The van der Waals surface area contributed by atoms with Gasteiger partial charge in [0.25, 0.3) is 5.91 Å². The van der Waals surface area contributed by atoms with Crippen molar-refractivity contribution in [3.8, 4) is 0 Å². The molecule has 0 aliphatic rings. The Labute approximate surface area is 123 Å². The van der Waals surface area contributed by atoms with Crippen molar-refractivity contribution in [2.75, 3.05) is 6.54 Å². The van der Waals surface area contributed by atoms with Gasteiger partial charge in [0.15, 0.2) is 5.69 Å². The second-order valence-electron chi connectivity index (χ2n) is 4.59. The molecule has 0 unspecified atom stereocenters. The monoisotopic (exact) mass is 314 g/mol. The van der Waals surface area contributed by atoms with Gasteiger partial charge in [-0.15, -0.1) is 0 Å². The molecule has 0 saturated carbocycles. The lowest BCUT2D eigenvalue weighted by molar-refractivity contribution is -0.141. The van der Waals surface area contributed by atoms with E-state index in [4.69, 9.17) is 0 Å². The second-order valence-corrected chi connectivity index (χ2v) is 4.59. The molecule has 1 amide bonds. The van der Waals surface area contributed by atoms with Crippen molar-refractivity contribution in [3.05, 3.63) is 51.7 Å². The Bertz CT molecular complexity index is 713. The van der Waals surface area contributed by atoms with Crippen molar-refractivity contribution in [1.29, 1.82) is 0 Å². The number of hydrogen-bond acceptors (Lipinski definition) is 3. The van der Waals surface area contributed by atoms with Gasteiger partial charge in [-0.25, -0.2) is 0 Å². The zero-order chi connectivity index (χ0) is 16.3. The van der Waals surface area contributed by atoms with Gasteiger partial charge in [0.2, 0.25) is 5.56 Å². The van der Waals surface area contributed by atoms with Crippen LogP contribution in [0.5, 0.6) is 0 Å². The van der Waals surface area contributed by atoms with E-state index in [1.54, 1.807) is 0 Å². The molecular weight excluding hydrogens is 301 g/mol. The van der Waals surface area contributed by atoms with Crippen LogP contribution in [-0.4, -0.2) is 27.2 Å². The molecule has 0 radical (unpaired) electrons. The van der Waals surface area contributed by atoms with Crippen molar-refractivity contribution in [1.82, 2.24) is 20.1 Å². The average molecular weight is 314 g/mol. The maximum atomic E-state index is 12.5. The van der Waals surface area contributed by atoms with Gasteiger partial charge in [0.05, 0.1) is 12.1 Å². The third-order valence-electron chi connectivity index (χ3n) is 2.93. The number of aromatic nitrogens is 3. The highest BCUT2D eigenvalue weighted by Gasteiger charge is 2.34. The number of carbonyl (C=O) groups excluding carboxylic acids is 1. The molecule has 2 heterocycles. The molecule has 0 atom stereocenters. The lowest BCUT2D eigenvalue weighted by atomic mass is 10.3. The van der Waals surface area contributed by atoms with Crippen molar-refractivity contribution in [2.24, 2.45) is 0 Å². The van der Waals surface area contributed by atoms with Crippen molar-refractivity contribution >= 4 is 5.91 Å². The first-order chi connectivity index (χ1) is 10.3. The van der Waals surface area contributed by atoms with E-state index < -0.39 is 17.8 Å². The Kier molecular flexibility index (Phi) is 4.34. The average Bonchev–Trinajstić information content (AvgIpc) is 2.81. The number of pyridine rings is 1. The summed E-state index contributed by atoms with van der Waals surface area (Å²) in [6, 6.07) is 3.51. The second kappa shape index (κ2) is 6.04. The first kappa shape index (κ1) is 15.8. The van der Waals surface area contributed by atoms with E-state index in [-0.39, 0.29) is 24.2 Å². The van der Waals surface area contributed by atoms with Gasteiger partial charge in [-0.3, -0.25) is 14.3 Å². The summed E-state index contributed by atoms with van der Waals surface area (Å²) in [5, 5.41) is 5.99. The summed E-state index contributed by atoms with van der Waals surface area (Å²) in [6.45, 7) is 1.72. The van der Waals surface area contributed by atoms with E-state index in [1.807, 2.05) is 0 Å². The van der Waals surface area contributed by atoms with E-state index in [9.17, 15) is 22.8 Å². The Balaban J connectivity index is 1.94. The minimum absolute atomic E-state index is 0.108. The van der Waals surface area contributed by atoms with Crippen LogP contribution in [0.15, 0.2) is 29.2 Å².